The van der Waals surface area contributed by atoms with Crippen LogP contribution in [0.5, 0.6) is 5.75 Å². The van der Waals surface area contributed by atoms with Gasteiger partial charge in [-0.15, -0.1) is 0 Å². The molecule has 1 saturated heterocycles. The van der Waals surface area contributed by atoms with E-state index in [4.69, 9.17) is 44.3 Å². The topological polar surface area (TPSA) is 685 Å². The van der Waals surface area contributed by atoms with Crippen molar-refractivity contribution in [1.82, 2.24) is 58.1 Å². The molecule has 0 aliphatic carbocycles. The van der Waals surface area contributed by atoms with Crippen molar-refractivity contribution in [2.75, 3.05) is 52.5 Å². The molecule has 0 saturated carbocycles. The van der Waals surface area contributed by atoms with Crippen LogP contribution in [-0.2, 0) is 73.5 Å². The Morgan fingerprint density at radius 1 is 0.581 bits per heavy atom. The maximum Gasteiger partial charge on any atom is 0.328 e. The van der Waals surface area contributed by atoms with Gasteiger partial charge in [0, 0.05) is 39.4 Å². The molecule has 40 nitrogen and oxygen atoms in total. The second-order valence-corrected chi connectivity index (χ2v) is 20.8. The van der Waals surface area contributed by atoms with Gasteiger partial charge in [0.15, 0.2) is 18.0 Å². The minimum Gasteiger partial charge on any atom is -0.508 e. The lowest BCUT2D eigenvalue weighted by Gasteiger charge is -2.30. The van der Waals surface area contributed by atoms with Gasteiger partial charge >= 0.3 is 5.97 Å². The van der Waals surface area contributed by atoms with Gasteiger partial charge in [0.1, 0.15) is 60.1 Å². The number of hydrogen-bond donors (Lipinski definition) is 23. The number of carbonyl (C=O) groups is 14. The van der Waals surface area contributed by atoms with Gasteiger partial charge in [-0.1, -0.05) is 12.1 Å². The number of nitrogens with one attached hydrogen (secondary N) is 10. The third kappa shape index (κ3) is 31.0. The minimum atomic E-state index is -1.93. The summed E-state index contributed by atoms with van der Waals surface area (Å²) in [5.41, 5.74) is 33.0. The number of phenols is 1. The summed E-state index contributed by atoms with van der Waals surface area (Å²) >= 11 is 0. The first-order chi connectivity index (χ1) is 43.7. The highest BCUT2D eigenvalue weighted by Crippen LogP contribution is 2.20. The molecule has 40 heteroatoms. The summed E-state index contributed by atoms with van der Waals surface area (Å²) in [6.07, 6.45) is -2.67. The van der Waals surface area contributed by atoms with Crippen LogP contribution in [0.25, 0.3) is 0 Å². The fourth-order valence-electron chi connectivity index (χ4n) is 8.48. The van der Waals surface area contributed by atoms with E-state index in [1.807, 2.05) is 0 Å². The fraction of sp³-hybridized carbons (Fsp3) is 0.585. The Hall–Kier alpha value is -10.1. The van der Waals surface area contributed by atoms with Crippen LogP contribution >= 0.6 is 0 Å². The molecule has 11 unspecified atom stereocenters. The molecule has 520 valence electrons. The van der Waals surface area contributed by atoms with Gasteiger partial charge in [0.05, 0.1) is 39.0 Å². The van der Waals surface area contributed by atoms with Crippen molar-refractivity contribution in [1.29, 1.82) is 0 Å². The molecule has 29 N–H and O–H groups in total. The first kappa shape index (κ1) is 81.0. The number of primary amides is 1. The Morgan fingerprint density at radius 2 is 1.01 bits per heavy atom. The number of likely N-dealkylation sites (tertiary alicyclic amines) is 1. The Kier molecular flexibility index (Phi) is 36.6. The number of hydrogen-bond acceptors (Lipinski definition) is 22. The smallest absolute Gasteiger partial charge is 0.328 e. The molecule has 0 spiro atoms. The summed E-state index contributed by atoms with van der Waals surface area (Å²) in [6.45, 7) is -1.46. The largest absolute Gasteiger partial charge is 0.508 e. The van der Waals surface area contributed by atoms with Crippen molar-refractivity contribution in [3.8, 4) is 5.75 Å². The second kappa shape index (κ2) is 42.1. The molecule has 1 fully saturated rings. The fourth-order valence-corrected chi connectivity index (χ4v) is 8.48. The average molecular weight is 1330 g/mol. The summed E-state index contributed by atoms with van der Waals surface area (Å²) in [6, 6.07) is -10.4. The van der Waals surface area contributed by atoms with Crippen LogP contribution in [0.2, 0.25) is 0 Å². The van der Waals surface area contributed by atoms with Crippen molar-refractivity contribution < 1.29 is 103 Å². The zero-order chi connectivity index (χ0) is 70.7. The first-order valence-corrected chi connectivity index (χ1v) is 28.8. The van der Waals surface area contributed by atoms with E-state index in [-0.39, 0.29) is 82.2 Å². The molecule has 1 aromatic carbocycles. The number of carboxylic acids is 2. The summed E-state index contributed by atoms with van der Waals surface area (Å²) in [4.78, 5) is 189. The van der Waals surface area contributed by atoms with Gasteiger partial charge in [-0.25, -0.2) is 4.79 Å². The van der Waals surface area contributed by atoms with Gasteiger partial charge in [0.2, 0.25) is 70.9 Å². The number of aromatic hydroxyl groups is 1. The predicted octanol–water partition coefficient (Wildman–Crippen LogP) is -11.7. The quantitative estimate of drug-likeness (QED) is 0.0165. The van der Waals surface area contributed by atoms with Crippen LogP contribution in [-0.4, -0.2) is 254 Å². The number of carboxylic acid groups (broad SMARTS) is 2. The molecule has 93 heavy (non-hydrogen) atoms. The van der Waals surface area contributed by atoms with Gasteiger partial charge < -0.3 is 128 Å². The van der Waals surface area contributed by atoms with E-state index in [0.29, 0.717) is 5.56 Å². The Bertz CT molecular complexity index is 2800. The third-order valence-corrected chi connectivity index (χ3v) is 13.2. The molecule has 11 atom stereocenters. The predicted molar refractivity (Wildman–Crippen MR) is 324 cm³/mol. The van der Waals surface area contributed by atoms with Crippen molar-refractivity contribution in [2.45, 2.75) is 145 Å². The second-order valence-electron chi connectivity index (χ2n) is 20.8. The number of guanidine groups is 2. The first-order valence-electron chi connectivity index (χ1n) is 28.8. The molecule has 2 rings (SSSR count). The summed E-state index contributed by atoms with van der Waals surface area (Å²) in [5, 5.41) is 89.5. The van der Waals surface area contributed by atoms with Gasteiger partial charge in [-0.2, -0.15) is 0 Å². The molecular formula is C53H87N19O21. The normalized spacial score (nSPS) is 15.5. The number of nitrogens with two attached hydrogens (primary N) is 6. The Morgan fingerprint density at radius 3 is 1.45 bits per heavy atom. The van der Waals surface area contributed by atoms with Crippen LogP contribution in [0, 0.1) is 0 Å². The van der Waals surface area contributed by atoms with E-state index >= 15 is 0 Å². The monoisotopic (exact) mass is 1330 g/mol. The van der Waals surface area contributed by atoms with E-state index in [9.17, 15) is 93.0 Å². The summed E-state index contributed by atoms with van der Waals surface area (Å²) in [7, 11) is 0. The van der Waals surface area contributed by atoms with Crippen LogP contribution in [0.4, 0.5) is 0 Å². The van der Waals surface area contributed by atoms with Crippen LogP contribution in [0.1, 0.15) is 77.7 Å². The summed E-state index contributed by atoms with van der Waals surface area (Å²) in [5.74, 6) is -15.2. The van der Waals surface area contributed by atoms with Crippen molar-refractivity contribution >= 4 is 94.7 Å². The standard InChI is InChI=1S/C51H83N19O19.C2H4O2/c1-24(48(87)70-17-5-8-35(70)47(86)66-30(13-14-36(53)76)43(82)69-39(25(2)74)49(88)89)61-41(80)28(6-3-15-58-50(54)55)64-42(81)29(7-4-16-59-51(56)57)65-45(84)33(22-72)68-46(85)34(23-73)67-44(83)32(21-71)63-38(78)20-60-40(79)31(62-37(77)19-52)18-26-9-11-27(75)12-10-26;1-2(3)4/h9-12,24-25,28-35,39,71-75H,3-8,13-23,52H2,1-2H3,(H2,53,76)(H,60,79)(H,61,80)(H,62,77)(H,63,78)(H,64,81)(H,65,84)(H,66,86)(H,67,83)(H,68,85)(H,69,82)(H,88,89)(H4,54,55,58)(H4,56,57,59);1H3,(H,3,4). The number of rotatable bonds is 39. The zero-order valence-corrected chi connectivity index (χ0v) is 51.3. The molecule has 1 aromatic rings. The highest BCUT2D eigenvalue weighted by atomic mass is 16.4. The average Bonchev–Trinajstić information content (AvgIpc) is 1.77. The molecule has 1 aliphatic heterocycles. The molecule has 0 bridgehead atoms. The van der Waals surface area contributed by atoms with Crippen LogP contribution in [0.3, 0.4) is 0 Å². The van der Waals surface area contributed by atoms with Crippen LogP contribution in [0.15, 0.2) is 34.3 Å². The number of aliphatic imine (C=N–C) groups is 2. The maximum atomic E-state index is 14.2. The summed E-state index contributed by atoms with van der Waals surface area (Å²) < 4.78 is 0. The number of aliphatic hydroxyl groups is 4. The number of carbonyl (C=O) groups excluding carboxylic acids is 12. The van der Waals surface area contributed by atoms with E-state index in [1.165, 1.54) is 31.2 Å². The van der Waals surface area contributed by atoms with Gasteiger partial charge in [0.25, 0.3) is 5.97 Å². The molecule has 0 radical (unpaired) electrons. The Balaban J connectivity index is 0.0000105. The molecule has 0 aromatic heterocycles. The van der Waals surface area contributed by atoms with E-state index in [2.05, 4.69) is 63.2 Å². The lowest BCUT2D eigenvalue weighted by Crippen LogP contribution is -2.61. The van der Waals surface area contributed by atoms with Crippen molar-refractivity contribution in [2.24, 2.45) is 44.4 Å². The number of nitrogens with zero attached hydrogens (tertiary/aromatic N) is 3. The highest BCUT2D eigenvalue weighted by Gasteiger charge is 2.40. The molecule has 1 heterocycles. The van der Waals surface area contributed by atoms with E-state index in [0.717, 1.165) is 18.7 Å². The maximum absolute atomic E-state index is 14.2. The number of benzene rings is 1. The minimum absolute atomic E-state index is 0.0206. The Labute approximate surface area is 531 Å². The third-order valence-electron chi connectivity index (χ3n) is 13.2. The van der Waals surface area contributed by atoms with Gasteiger partial charge in [-0.3, -0.25) is 72.3 Å². The highest BCUT2D eigenvalue weighted by molar-refractivity contribution is 5.99. The van der Waals surface area contributed by atoms with Crippen molar-refractivity contribution in [3.05, 3.63) is 29.8 Å². The van der Waals surface area contributed by atoms with E-state index in [1.54, 1.807) is 0 Å². The number of aliphatic hydroxyl groups excluding tert-OH is 4. The number of phenolic OH excluding ortho intramolecular Hbond substituents is 1. The van der Waals surface area contributed by atoms with Crippen molar-refractivity contribution in [3.63, 3.8) is 0 Å². The lowest BCUT2D eigenvalue weighted by atomic mass is 10.0. The number of aliphatic carboxylic acids is 2. The molecular weight excluding hydrogens is 1240 g/mol. The SMILES string of the molecule is CC(=O)O.CC(NC(=O)C(CCCN=C(N)N)NC(=O)C(CCCN=C(N)N)NC(=O)C(CO)NC(=O)C(CO)NC(=O)C(CO)NC(=O)CNC(=O)C(Cc1ccc(O)cc1)NC(=O)CN)C(=O)N1CCCC1C(=O)NC(CCC(N)=O)C(=O)NC(C(=O)O)C(C)O. The van der Waals surface area contributed by atoms with E-state index < -0.39 is 195 Å². The van der Waals surface area contributed by atoms with Crippen LogP contribution < -0.4 is 87.6 Å². The molecule has 12 amide bonds. The lowest BCUT2D eigenvalue weighted by molar-refractivity contribution is -0.146. The van der Waals surface area contributed by atoms with Gasteiger partial charge in [-0.05, 0) is 76.5 Å². The molecule has 1 aliphatic rings. The zero-order valence-electron chi connectivity index (χ0n) is 51.3. The number of amides is 12.